The minimum Gasteiger partial charge on any atom is -0.493 e. The molecular weight excluding hydrogens is 324 g/mol. The predicted molar refractivity (Wildman–Crippen MR) is 102 cm³/mol. The third kappa shape index (κ3) is 3.00. The van der Waals surface area contributed by atoms with Gasteiger partial charge >= 0.3 is 5.97 Å². The molecule has 3 heteroatoms. The lowest BCUT2D eigenvalue weighted by molar-refractivity contribution is -0.149. The molecule has 3 nitrogen and oxygen atoms in total. The van der Waals surface area contributed by atoms with Crippen molar-refractivity contribution in [3.8, 4) is 0 Å². The molecule has 0 radical (unpaired) electrons. The molecule has 1 aromatic carbocycles. The first-order valence-electron chi connectivity index (χ1n) is 9.70. The Balaban J connectivity index is 1.73. The summed E-state index contributed by atoms with van der Waals surface area (Å²) in [6.07, 6.45) is 9.47. The second kappa shape index (κ2) is 7.14. The van der Waals surface area contributed by atoms with Crippen LogP contribution < -0.4 is 0 Å². The zero-order valence-corrected chi connectivity index (χ0v) is 15.3. The van der Waals surface area contributed by atoms with Crippen LogP contribution in [0.1, 0.15) is 56.9 Å². The molecule has 0 aromatic heterocycles. The van der Waals surface area contributed by atoms with E-state index in [2.05, 4.69) is 18.7 Å². The standard InChI is InChI=1S/C23H26O3/c1-2-9-19-20(23(26-22(19)24)13-7-4-8-14-23)16-18-12-15-25-21(18)17-10-5-3-6-11-17/h2-3,5-6,10-11H,1,4,7-9,12-16H2. The number of rotatable bonds is 5. The molecule has 1 saturated carbocycles. The lowest BCUT2D eigenvalue weighted by Gasteiger charge is -2.35. The maximum Gasteiger partial charge on any atom is 0.335 e. The van der Waals surface area contributed by atoms with Crippen molar-refractivity contribution < 1.29 is 14.3 Å². The third-order valence-electron chi connectivity index (χ3n) is 5.86. The van der Waals surface area contributed by atoms with Crippen LogP contribution in [0.4, 0.5) is 0 Å². The molecule has 0 atom stereocenters. The maximum atomic E-state index is 12.6. The zero-order chi connectivity index (χ0) is 18.0. The van der Waals surface area contributed by atoms with E-state index in [-0.39, 0.29) is 11.6 Å². The quantitative estimate of drug-likeness (QED) is 0.531. The first kappa shape index (κ1) is 17.1. The van der Waals surface area contributed by atoms with E-state index in [0.717, 1.165) is 55.4 Å². The number of esters is 1. The van der Waals surface area contributed by atoms with Crippen molar-refractivity contribution in [3.05, 3.63) is 65.3 Å². The Bertz CT molecular complexity index is 764. The predicted octanol–water partition coefficient (Wildman–Crippen LogP) is 5.34. The summed E-state index contributed by atoms with van der Waals surface area (Å²) in [6.45, 7) is 4.56. The van der Waals surface area contributed by atoms with E-state index in [1.165, 1.54) is 17.6 Å². The van der Waals surface area contributed by atoms with E-state index in [0.29, 0.717) is 13.0 Å². The average Bonchev–Trinajstić information content (AvgIpc) is 3.22. The first-order chi connectivity index (χ1) is 12.7. The van der Waals surface area contributed by atoms with Crippen LogP contribution in [-0.4, -0.2) is 18.2 Å². The molecule has 136 valence electrons. The first-order valence-corrected chi connectivity index (χ1v) is 9.70. The second-order valence-corrected chi connectivity index (χ2v) is 7.47. The molecule has 1 spiro atoms. The van der Waals surface area contributed by atoms with Crippen LogP contribution in [0.15, 0.2) is 59.7 Å². The van der Waals surface area contributed by atoms with Crippen molar-refractivity contribution >= 4 is 11.7 Å². The summed E-state index contributed by atoms with van der Waals surface area (Å²) in [5, 5.41) is 0. The monoisotopic (exact) mass is 350 g/mol. The molecule has 0 amide bonds. The summed E-state index contributed by atoms with van der Waals surface area (Å²) in [4.78, 5) is 12.6. The summed E-state index contributed by atoms with van der Waals surface area (Å²) in [6, 6.07) is 10.3. The van der Waals surface area contributed by atoms with Crippen molar-refractivity contribution in [1.82, 2.24) is 0 Å². The van der Waals surface area contributed by atoms with Gasteiger partial charge in [-0.15, -0.1) is 6.58 Å². The highest BCUT2D eigenvalue weighted by atomic mass is 16.6. The number of carbonyl (C=O) groups is 1. The number of hydrogen-bond donors (Lipinski definition) is 0. The fourth-order valence-electron chi connectivity index (χ4n) is 4.60. The minimum atomic E-state index is -0.384. The molecule has 0 saturated heterocycles. The van der Waals surface area contributed by atoms with Crippen molar-refractivity contribution in [2.45, 2.75) is 57.0 Å². The van der Waals surface area contributed by atoms with Crippen LogP contribution in [0.5, 0.6) is 0 Å². The molecule has 1 fully saturated rings. The van der Waals surface area contributed by atoms with Crippen LogP contribution >= 0.6 is 0 Å². The molecule has 3 aliphatic rings. The Morgan fingerprint density at radius 1 is 1.12 bits per heavy atom. The number of carbonyl (C=O) groups excluding carboxylic acids is 1. The Kier molecular flexibility index (Phi) is 4.71. The summed E-state index contributed by atoms with van der Waals surface area (Å²) in [5.74, 6) is 0.851. The summed E-state index contributed by atoms with van der Waals surface area (Å²) in [7, 11) is 0. The third-order valence-corrected chi connectivity index (χ3v) is 5.86. The topological polar surface area (TPSA) is 35.5 Å². The summed E-state index contributed by atoms with van der Waals surface area (Å²) in [5.41, 5.74) is 4.04. The van der Waals surface area contributed by atoms with Gasteiger partial charge in [-0.3, -0.25) is 0 Å². The van der Waals surface area contributed by atoms with Gasteiger partial charge in [0.25, 0.3) is 0 Å². The smallest absolute Gasteiger partial charge is 0.335 e. The SMILES string of the molecule is C=CCC1=C(CC2=C(c3ccccc3)OCC2)C2(CCCCC2)OC1=O. The normalized spacial score (nSPS) is 21.9. The lowest BCUT2D eigenvalue weighted by Crippen LogP contribution is -2.34. The maximum absolute atomic E-state index is 12.6. The Morgan fingerprint density at radius 3 is 2.62 bits per heavy atom. The summed E-state index contributed by atoms with van der Waals surface area (Å²) < 4.78 is 12.0. The van der Waals surface area contributed by atoms with Crippen molar-refractivity contribution in [1.29, 1.82) is 0 Å². The molecule has 1 aliphatic carbocycles. The fourth-order valence-corrected chi connectivity index (χ4v) is 4.60. The van der Waals surface area contributed by atoms with E-state index in [9.17, 15) is 4.79 Å². The molecule has 4 rings (SSSR count). The second-order valence-electron chi connectivity index (χ2n) is 7.47. The van der Waals surface area contributed by atoms with E-state index in [1.54, 1.807) is 0 Å². The van der Waals surface area contributed by atoms with Crippen molar-refractivity contribution in [2.75, 3.05) is 6.61 Å². The van der Waals surface area contributed by atoms with Crippen LogP contribution in [-0.2, 0) is 14.3 Å². The van der Waals surface area contributed by atoms with E-state index < -0.39 is 0 Å². The van der Waals surface area contributed by atoms with Gasteiger partial charge in [-0.25, -0.2) is 4.79 Å². The molecular formula is C23H26O3. The highest BCUT2D eigenvalue weighted by Gasteiger charge is 2.47. The molecule has 2 aliphatic heterocycles. The molecule has 0 N–H and O–H groups in total. The van der Waals surface area contributed by atoms with Gasteiger partial charge in [0.15, 0.2) is 0 Å². The van der Waals surface area contributed by atoms with Crippen LogP contribution in [0.25, 0.3) is 5.76 Å². The Hall–Kier alpha value is -2.29. The van der Waals surface area contributed by atoms with E-state index in [4.69, 9.17) is 9.47 Å². The van der Waals surface area contributed by atoms with Gasteiger partial charge in [0.2, 0.25) is 0 Å². The summed E-state index contributed by atoms with van der Waals surface area (Å²) >= 11 is 0. The Morgan fingerprint density at radius 2 is 1.88 bits per heavy atom. The minimum absolute atomic E-state index is 0.137. The fraction of sp³-hybridized carbons (Fsp3) is 0.435. The van der Waals surface area contributed by atoms with Crippen LogP contribution in [0.2, 0.25) is 0 Å². The van der Waals surface area contributed by atoms with Crippen LogP contribution in [0.3, 0.4) is 0 Å². The highest BCUT2D eigenvalue weighted by Crippen LogP contribution is 2.48. The molecule has 1 aromatic rings. The van der Waals surface area contributed by atoms with Gasteiger partial charge in [-0.2, -0.15) is 0 Å². The van der Waals surface area contributed by atoms with Gasteiger partial charge in [0.1, 0.15) is 11.4 Å². The van der Waals surface area contributed by atoms with Crippen molar-refractivity contribution in [3.63, 3.8) is 0 Å². The van der Waals surface area contributed by atoms with Gasteiger partial charge in [-0.1, -0.05) is 42.8 Å². The molecule has 0 bridgehead atoms. The number of hydrogen-bond acceptors (Lipinski definition) is 3. The number of ether oxygens (including phenoxy) is 2. The zero-order valence-electron chi connectivity index (χ0n) is 15.3. The molecule has 0 unspecified atom stereocenters. The number of allylic oxidation sites excluding steroid dienone is 1. The molecule has 2 heterocycles. The average molecular weight is 350 g/mol. The lowest BCUT2D eigenvalue weighted by atomic mass is 9.76. The van der Waals surface area contributed by atoms with Gasteiger partial charge in [0, 0.05) is 17.6 Å². The Labute approximate surface area is 155 Å². The largest absolute Gasteiger partial charge is 0.493 e. The van der Waals surface area contributed by atoms with Gasteiger partial charge in [-0.05, 0) is 49.7 Å². The van der Waals surface area contributed by atoms with Crippen molar-refractivity contribution in [2.24, 2.45) is 0 Å². The highest BCUT2D eigenvalue weighted by molar-refractivity contribution is 5.93. The van der Waals surface area contributed by atoms with Gasteiger partial charge < -0.3 is 9.47 Å². The number of benzene rings is 1. The van der Waals surface area contributed by atoms with Crippen LogP contribution in [0, 0.1) is 0 Å². The van der Waals surface area contributed by atoms with E-state index in [1.807, 2.05) is 24.3 Å². The molecule has 26 heavy (non-hydrogen) atoms. The van der Waals surface area contributed by atoms with Gasteiger partial charge in [0.05, 0.1) is 6.61 Å². The van der Waals surface area contributed by atoms with E-state index >= 15 is 0 Å².